The highest BCUT2D eigenvalue weighted by atomic mass is 32.1. The highest BCUT2D eigenvalue weighted by Gasteiger charge is 2.27. The third kappa shape index (κ3) is 1.85. The second-order valence-corrected chi connectivity index (χ2v) is 5.17. The highest BCUT2D eigenvalue weighted by Crippen LogP contribution is 2.25. The minimum Gasteiger partial charge on any atom is -0.315 e. The Bertz CT molecular complexity index is 578. The molecule has 5 heteroatoms. The number of piperidine rings is 1. The van der Waals surface area contributed by atoms with Crippen LogP contribution in [0.4, 0.5) is 0 Å². The number of carbonyl (C=O) groups excluding carboxylic acids is 1. The van der Waals surface area contributed by atoms with Gasteiger partial charge in [-0.2, -0.15) is 0 Å². The van der Waals surface area contributed by atoms with Crippen LogP contribution in [-0.2, 0) is 4.79 Å². The van der Waals surface area contributed by atoms with Gasteiger partial charge in [0.25, 0.3) is 0 Å². The van der Waals surface area contributed by atoms with Crippen LogP contribution >= 0.6 is 11.3 Å². The number of aryl methyl sites for hydroxylation is 1. The Hall–Kier alpha value is -1.33. The summed E-state index contributed by atoms with van der Waals surface area (Å²) in [7, 11) is 0. The summed E-state index contributed by atoms with van der Waals surface area (Å²) in [5.41, 5.74) is 2.61. The van der Waals surface area contributed by atoms with Crippen molar-refractivity contribution in [3.05, 3.63) is 22.8 Å². The van der Waals surface area contributed by atoms with Gasteiger partial charge in [0, 0.05) is 19.5 Å². The summed E-state index contributed by atoms with van der Waals surface area (Å²) in [6.07, 6.45) is 0.591. The second kappa shape index (κ2) is 4.16. The van der Waals surface area contributed by atoms with Crippen LogP contribution in [0.3, 0.4) is 0 Å². The molecular formula is C12H13N3OS. The van der Waals surface area contributed by atoms with Gasteiger partial charge in [-0.25, -0.2) is 9.97 Å². The number of fused-ring (bicyclic) bond motifs is 1. The second-order valence-electron chi connectivity index (χ2n) is 4.28. The monoisotopic (exact) mass is 247 g/mol. The third-order valence-electron chi connectivity index (χ3n) is 3.12. The number of rotatable bonds is 1. The summed E-state index contributed by atoms with van der Waals surface area (Å²) >= 11 is 1.58. The molecule has 0 saturated carbocycles. The van der Waals surface area contributed by atoms with E-state index in [9.17, 15) is 4.79 Å². The molecule has 1 atom stereocenters. The maximum atomic E-state index is 11.9. The number of nitrogens with zero attached hydrogens (tertiary/aromatic N) is 2. The highest BCUT2D eigenvalue weighted by molar-refractivity contribution is 7.16. The molecule has 0 aliphatic carbocycles. The van der Waals surface area contributed by atoms with E-state index in [1.54, 1.807) is 11.3 Å². The summed E-state index contributed by atoms with van der Waals surface area (Å²) in [5.74, 6) is 0.149. The van der Waals surface area contributed by atoms with Crippen LogP contribution in [-0.4, -0.2) is 28.8 Å². The summed E-state index contributed by atoms with van der Waals surface area (Å²) in [6.45, 7) is 3.40. The molecule has 17 heavy (non-hydrogen) atoms. The molecule has 2 aromatic heterocycles. The fourth-order valence-electron chi connectivity index (χ4n) is 2.21. The Morgan fingerprint density at radius 2 is 2.35 bits per heavy atom. The average Bonchev–Trinajstić information content (AvgIpc) is 2.76. The summed E-state index contributed by atoms with van der Waals surface area (Å²) in [5, 5.41) is 5.23. The SMILES string of the molecule is Cc1nc2sccc2nc1C1CNCCC1=O. The molecule has 1 unspecified atom stereocenters. The van der Waals surface area contributed by atoms with Gasteiger partial charge in [0.2, 0.25) is 0 Å². The lowest BCUT2D eigenvalue weighted by atomic mass is 9.93. The van der Waals surface area contributed by atoms with Crippen molar-refractivity contribution in [3.8, 4) is 0 Å². The fraction of sp³-hybridized carbons (Fsp3) is 0.417. The smallest absolute Gasteiger partial charge is 0.144 e. The average molecular weight is 247 g/mol. The van der Waals surface area contributed by atoms with Gasteiger partial charge in [-0.3, -0.25) is 4.79 Å². The first kappa shape index (κ1) is 10.8. The van der Waals surface area contributed by atoms with Gasteiger partial charge >= 0.3 is 0 Å². The summed E-state index contributed by atoms with van der Waals surface area (Å²) in [4.78, 5) is 22.0. The first-order valence-electron chi connectivity index (χ1n) is 5.71. The Kier molecular flexibility index (Phi) is 2.64. The van der Waals surface area contributed by atoms with E-state index in [-0.39, 0.29) is 11.7 Å². The van der Waals surface area contributed by atoms with E-state index < -0.39 is 0 Å². The van der Waals surface area contributed by atoms with Crippen molar-refractivity contribution in [1.82, 2.24) is 15.3 Å². The fourth-order valence-corrected chi connectivity index (χ4v) is 2.96. The lowest BCUT2D eigenvalue weighted by Gasteiger charge is -2.22. The van der Waals surface area contributed by atoms with Crippen molar-refractivity contribution in [2.24, 2.45) is 0 Å². The zero-order valence-corrected chi connectivity index (χ0v) is 10.4. The maximum absolute atomic E-state index is 11.9. The number of Topliss-reactive ketones (excluding diaryl/α,β-unsaturated/α-hetero) is 1. The molecule has 1 fully saturated rings. The topological polar surface area (TPSA) is 54.9 Å². The van der Waals surface area contributed by atoms with Gasteiger partial charge in [-0.15, -0.1) is 11.3 Å². The zero-order valence-electron chi connectivity index (χ0n) is 9.56. The minimum atomic E-state index is -0.124. The number of nitrogens with one attached hydrogen (secondary N) is 1. The molecule has 3 rings (SSSR count). The Morgan fingerprint density at radius 3 is 3.18 bits per heavy atom. The van der Waals surface area contributed by atoms with E-state index in [0.717, 1.165) is 28.3 Å². The van der Waals surface area contributed by atoms with E-state index in [0.29, 0.717) is 13.0 Å². The Labute approximate surface area is 103 Å². The normalized spacial score (nSPS) is 21.0. The van der Waals surface area contributed by atoms with Gasteiger partial charge in [0.15, 0.2) is 0 Å². The van der Waals surface area contributed by atoms with Crippen LogP contribution in [0.5, 0.6) is 0 Å². The van der Waals surface area contributed by atoms with Crippen LogP contribution < -0.4 is 5.32 Å². The molecule has 3 heterocycles. The lowest BCUT2D eigenvalue weighted by Crippen LogP contribution is -2.36. The van der Waals surface area contributed by atoms with Crippen LogP contribution in [0.25, 0.3) is 10.3 Å². The van der Waals surface area contributed by atoms with Gasteiger partial charge in [-0.1, -0.05) is 0 Å². The van der Waals surface area contributed by atoms with Gasteiger partial charge < -0.3 is 5.32 Å². The van der Waals surface area contributed by atoms with E-state index in [2.05, 4.69) is 15.3 Å². The molecule has 1 aliphatic heterocycles. The van der Waals surface area contributed by atoms with Gasteiger partial charge in [0.1, 0.15) is 16.1 Å². The molecule has 88 valence electrons. The van der Waals surface area contributed by atoms with Gasteiger partial charge in [-0.05, 0) is 18.4 Å². The van der Waals surface area contributed by atoms with Crippen LogP contribution in [0.1, 0.15) is 23.7 Å². The van der Waals surface area contributed by atoms with Crippen LogP contribution in [0.15, 0.2) is 11.4 Å². The van der Waals surface area contributed by atoms with E-state index in [1.807, 2.05) is 18.4 Å². The number of ketones is 1. The zero-order chi connectivity index (χ0) is 11.8. The van der Waals surface area contributed by atoms with Crippen molar-refractivity contribution in [1.29, 1.82) is 0 Å². The predicted octanol–water partition coefficient (Wildman–Crippen LogP) is 1.65. The molecule has 1 N–H and O–H groups in total. The van der Waals surface area contributed by atoms with Gasteiger partial charge in [0.05, 0.1) is 17.3 Å². The largest absolute Gasteiger partial charge is 0.315 e. The quantitative estimate of drug-likeness (QED) is 0.832. The number of hydrogen-bond acceptors (Lipinski definition) is 5. The minimum absolute atomic E-state index is 0.124. The summed E-state index contributed by atoms with van der Waals surface area (Å²) in [6, 6.07) is 1.96. The molecule has 0 amide bonds. The van der Waals surface area contributed by atoms with Crippen LogP contribution in [0, 0.1) is 6.92 Å². The molecule has 0 aromatic carbocycles. The molecule has 1 saturated heterocycles. The molecule has 0 radical (unpaired) electrons. The van der Waals surface area contributed by atoms with Crippen molar-refractivity contribution < 1.29 is 4.79 Å². The van der Waals surface area contributed by atoms with E-state index >= 15 is 0 Å². The van der Waals surface area contributed by atoms with Crippen molar-refractivity contribution in [2.45, 2.75) is 19.3 Å². The predicted molar refractivity (Wildman–Crippen MR) is 67.4 cm³/mol. The number of aromatic nitrogens is 2. The molecular weight excluding hydrogens is 234 g/mol. The molecule has 0 spiro atoms. The molecule has 4 nitrogen and oxygen atoms in total. The van der Waals surface area contributed by atoms with Crippen molar-refractivity contribution in [2.75, 3.05) is 13.1 Å². The first-order valence-corrected chi connectivity index (χ1v) is 6.59. The lowest BCUT2D eigenvalue weighted by molar-refractivity contribution is -0.121. The first-order chi connectivity index (χ1) is 8.25. The van der Waals surface area contributed by atoms with Crippen molar-refractivity contribution in [3.63, 3.8) is 0 Å². The third-order valence-corrected chi connectivity index (χ3v) is 3.92. The summed E-state index contributed by atoms with van der Waals surface area (Å²) < 4.78 is 0. The molecule has 0 bridgehead atoms. The molecule has 1 aliphatic rings. The van der Waals surface area contributed by atoms with Crippen LogP contribution in [0.2, 0.25) is 0 Å². The Morgan fingerprint density at radius 1 is 1.47 bits per heavy atom. The van der Waals surface area contributed by atoms with Crippen molar-refractivity contribution >= 4 is 27.5 Å². The van der Waals surface area contributed by atoms with E-state index in [1.165, 1.54) is 0 Å². The maximum Gasteiger partial charge on any atom is 0.144 e. The Balaban J connectivity index is 2.08. The number of carbonyl (C=O) groups is 1. The number of hydrogen-bond donors (Lipinski definition) is 1. The molecule has 2 aromatic rings. The number of thiophene rings is 1. The standard InChI is InChI=1S/C12H13N3OS/c1-7-11(8-6-13-4-2-10(8)16)15-9-3-5-17-12(9)14-7/h3,5,8,13H,2,4,6H2,1H3. The van der Waals surface area contributed by atoms with E-state index in [4.69, 9.17) is 0 Å².